The van der Waals surface area contributed by atoms with Crippen molar-refractivity contribution in [1.29, 1.82) is 0 Å². The minimum absolute atomic E-state index is 0.179. The van der Waals surface area contributed by atoms with Gasteiger partial charge in [0, 0.05) is 19.1 Å². The topological polar surface area (TPSA) is 95.7 Å². The number of amides is 1. The number of carboxylic acid groups (broad SMARTS) is 1. The van der Waals surface area contributed by atoms with Gasteiger partial charge in [0.05, 0.1) is 6.54 Å². The Balaban J connectivity index is 1.91. The van der Waals surface area contributed by atoms with Crippen LogP contribution in [-0.4, -0.2) is 53.1 Å². The lowest BCUT2D eigenvalue weighted by atomic mass is 9.76. The van der Waals surface area contributed by atoms with Gasteiger partial charge < -0.3 is 16.2 Å². The van der Waals surface area contributed by atoms with E-state index >= 15 is 0 Å². The first-order valence-electron chi connectivity index (χ1n) is 7.93. The van der Waals surface area contributed by atoms with Crippen LogP contribution in [-0.2, 0) is 9.59 Å². The lowest BCUT2D eigenvalue weighted by Gasteiger charge is -2.38. The number of piperidine rings is 1. The van der Waals surface area contributed by atoms with E-state index in [2.05, 4.69) is 17.1 Å². The minimum Gasteiger partial charge on any atom is -0.480 e. The van der Waals surface area contributed by atoms with Crippen molar-refractivity contribution in [2.24, 2.45) is 11.7 Å². The van der Waals surface area contributed by atoms with Crippen LogP contribution in [0.15, 0.2) is 0 Å². The van der Waals surface area contributed by atoms with E-state index in [0.717, 1.165) is 38.8 Å². The molecule has 0 aromatic rings. The molecule has 0 bridgehead atoms. The van der Waals surface area contributed by atoms with Gasteiger partial charge in [-0.2, -0.15) is 0 Å². The first kappa shape index (κ1) is 16.2. The average Bonchev–Trinajstić information content (AvgIpc) is 2.41. The summed E-state index contributed by atoms with van der Waals surface area (Å²) in [4.78, 5) is 25.9. The van der Waals surface area contributed by atoms with Gasteiger partial charge in [0.2, 0.25) is 5.91 Å². The van der Waals surface area contributed by atoms with Crippen molar-refractivity contribution in [3.63, 3.8) is 0 Å². The Kier molecular flexibility index (Phi) is 5.22. The number of likely N-dealkylation sites (tertiary alicyclic amines) is 1. The van der Waals surface area contributed by atoms with E-state index in [-0.39, 0.29) is 18.5 Å². The van der Waals surface area contributed by atoms with Crippen LogP contribution in [0.4, 0.5) is 0 Å². The highest BCUT2D eigenvalue weighted by molar-refractivity contribution is 5.88. The van der Waals surface area contributed by atoms with Crippen molar-refractivity contribution in [3.05, 3.63) is 0 Å². The van der Waals surface area contributed by atoms with Gasteiger partial charge in [0.25, 0.3) is 0 Å². The number of hydrogen-bond donors (Lipinski definition) is 3. The second-order valence-corrected chi connectivity index (χ2v) is 6.75. The highest BCUT2D eigenvalue weighted by atomic mass is 16.4. The van der Waals surface area contributed by atoms with Crippen molar-refractivity contribution in [3.8, 4) is 0 Å². The average molecular weight is 297 g/mol. The highest BCUT2D eigenvalue weighted by Crippen LogP contribution is 2.32. The number of rotatable bonds is 4. The maximum absolute atomic E-state index is 12.2. The molecule has 2 unspecified atom stereocenters. The largest absolute Gasteiger partial charge is 0.480 e. The minimum atomic E-state index is -1.07. The molecule has 6 heteroatoms. The number of nitrogens with zero attached hydrogens (tertiary/aromatic N) is 1. The first-order chi connectivity index (χ1) is 9.91. The van der Waals surface area contributed by atoms with Gasteiger partial charge in [0.15, 0.2) is 0 Å². The van der Waals surface area contributed by atoms with Crippen molar-refractivity contribution in [2.75, 3.05) is 19.6 Å². The van der Waals surface area contributed by atoms with Gasteiger partial charge in [-0.15, -0.1) is 0 Å². The molecule has 1 heterocycles. The molecule has 2 fully saturated rings. The molecule has 2 aliphatic rings. The first-order valence-corrected chi connectivity index (χ1v) is 7.93. The van der Waals surface area contributed by atoms with E-state index in [1.165, 1.54) is 0 Å². The fourth-order valence-corrected chi connectivity index (χ4v) is 3.53. The third-order valence-corrected chi connectivity index (χ3v) is 4.78. The Morgan fingerprint density at radius 1 is 1.33 bits per heavy atom. The zero-order valence-electron chi connectivity index (χ0n) is 12.8. The van der Waals surface area contributed by atoms with E-state index in [1.807, 2.05) is 0 Å². The van der Waals surface area contributed by atoms with E-state index in [0.29, 0.717) is 18.8 Å². The lowest BCUT2D eigenvalue weighted by Crippen LogP contribution is -2.58. The van der Waals surface area contributed by atoms with Gasteiger partial charge >= 0.3 is 5.97 Å². The number of nitrogens with one attached hydrogen (secondary N) is 1. The molecule has 0 aromatic heterocycles. The number of aliphatic carboxylic acids is 1. The van der Waals surface area contributed by atoms with Crippen LogP contribution in [0.5, 0.6) is 0 Å². The van der Waals surface area contributed by atoms with Gasteiger partial charge in [-0.1, -0.05) is 19.8 Å². The maximum Gasteiger partial charge on any atom is 0.329 e. The molecule has 2 rings (SSSR count). The fourth-order valence-electron chi connectivity index (χ4n) is 3.53. The Labute approximate surface area is 126 Å². The quantitative estimate of drug-likeness (QED) is 0.704. The monoisotopic (exact) mass is 297 g/mol. The third kappa shape index (κ3) is 4.17. The number of nitrogens with two attached hydrogens (primary N) is 1. The second-order valence-electron chi connectivity index (χ2n) is 6.75. The fraction of sp³-hybridized carbons (Fsp3) is 0.867. The Morgan fingerprint density at radius 2 is 2.00 bits per heavy atom. The summed E-state index contributed by atoms with van der Waals surface area (Å²) in [7, 11) is 0. The number of carbonyl (C=O) groups excluding carboxylic acids is 1. The van der Waals surface area contributed by atoms with Crippen LogP contribution in [0, 0.1) is 5.92 Å². The molecule has 4 N–H and O–H groups in total. The summed E-state index contributed by atoms with van der Waals surface area (Å²) < 4.78 is 0. The van der Waals surface area contributed by atoms with E-state index < -0.39 is 11.5 Å². The molecule has 21 heavy (non-hydrogen) atoms. The van der Waals surface area contributed by atoms with Gasteiger partial charge in [-0.25, -0.2) is 4.79 Å². The van der Waals surface area contributed by atoms with Crippen LogP contribution < -0.4 is 11.1 Å². The van der Waals surface area contributed by atoms with Crippen LogP contribution in [0.3, 0.4) is 0 Å². The van der Waals surface area contributed by atoms with E-state index in [9.17, 15) is 14.7 Å². The molecular weight excluding hydrogens is 270 g/mol. The van der Waals surface area contributed by atoms with Crippen LogP contribution in [0.1, 0.15) is 45.4 Å². The Hall–Kier alpha value is -1.14. The summed E-state index contributed by atoms with van der Waals surface area (Å²) in [6.45, 7) is 3.95. The zero-order valence-corrected chi connectivity index (χ0v) is 12.8. The molecule has 1 saturated carbocycles. The summed E-state index contributed by atoms with van der Waals surface area (Å²) in [6, 6.07) is 0.230. The van der Waals surface area contributed by atoms with Crippen molar-refractivity contribution in [2.45, 2.75) is 57.0 Å². The number of hydrogen-bond acceptors (Lipinski definition) is 4. The molecule has 0 spiro atoms. The smallest absolute Gasteiger partial charge is 0.329 e. The molecule has 120 valence electrons. The molecule has 1 aliphatic carbocycles. The molecule has 0 aromatic carbocycles. The van der Waals surface area contributed by atoms with E-state index in [1.54, 1.807) is 0 Å². The maximum atomic E-state index is 12.2. The molecule has 6 nitrogen and oxygen atoms in total. The third-order valence-electron chi connectivity index (χ3n) is 4.78. The summed E-state index contributed by atoms with van der Waals surface area (Å²) in [6.07, 6.45) is 4.74. The molecule has 1 amide bonds. The van der Waals surface area contributed by atoms with Crippen molar-refractivity contribution in [1.82, 2.24) is 10.2 Å². The predicted octanol–water partition coefficient (Wildman–Crippen LogP) is 0.559. The predicted molar refractivity (Wildman–Crippen MR) is 79.8 cm³/mol. The molecule has 0 radical (unpaired) electrons. The highest BCUT2D eigenvalue weighted by Gasteiger charge is 2.43. The Bertz CT molecular complexity index is 394. The molecule has 1 saturated heterocycles. The lowest BCUT2D eigenvalue weighted by molar-refractivity contribution is -0.150. The zero-order chi connectivity index (χ0) is 15.5. The van der Waals surface area contributed by atoms with Gasteiger partial charge in [-0.05, 0) is 31.6 Å². The molecular formula is C15H27N3O3. The van der Waals surface area contributed by atoms with Gasteiger partial charge in [0.1, 0.15) is 5.54 Å². The number of carboxylic acids is 1. The van der Waals surface area contributed by atoms with Gasteiger partial charge in [-0.3, -0.25) is 9.69 Å². The Morgan fingerprint density at radius 3 is 2.57 bits per heavy atom. The summed E-state index contributed by atoms with van der Waals surface area (Å²) in [5.41, 5.74) is 4.78. The second kappa shape index (κ2) is 6.75. The number of carbonyl (C=O) groups is 2. The molecule has 1 aliphatic heterocycles. The van der Waals surface area contributed by atoms with Crippen molar-refractivity contribution >= 4 is 11.9 Å². The normalized spacial score (nSPS) is 31.8. The van der Waals surface area contributed by atoms with Crippen LogP contribution >= 0.6 is 0 Å². The van der Waals surface area contributed by atoms with Crippen molar-refractivity contribution < 1.29 is 14.7 Å². The standard InChI is InChI=1S/C15H27N3O3/c1-11-3-2-6-15(9-11,14(20)21)17-13(19)10-18-7-4-12(16)5-8-18/h11-12H,2-10,16H2,1H3,(H,17,19)(H,20,21). The van der Waals surface area contributed by atoms with E-state index in [4.69, 9.17) is 5.73 Å². The summed E-state index contributed by atoms with van der Waals surface area (Å²) in [5, 5.41) is 12.4. The molecule has 2 atom stereocenters. The van der Waals surface area contributed by atoms with Crippen LogP contribution in [0.25, 0.3) is 0 Å². The SMILES string of the molecule is CC1CCCC(NC(=O)CN2CCC(N)CC2)(C(=O)O)C1. The van der Waals surface area contributed by atoms with Crippen LogP contribution in [0.2, 0.25) is 0 Å². The summed E-state index contributed by atoms with van der Waals surface area (Å²) >= 11 is 0. The summed E-state index contributed by atoms with van der Waals surface area (Å²) in [5.74, 6) is -0.742.